The molecule has 0 unspecified atom stereocenters. The summed E-state index contributed by atoms with van der Waals surface area (Å²) >= 11 is 0. The van der Waals surface area contributed by atoms with E-state index in [1.807, 2.05) is 30.3 Å². The Labute approximate surface area is 161 Å². The molecule has 1 aromatic heterocycles. The minimum absolute atomic E-state index is 0.0423. The molecule has 0 saturated heterocycles. The van der Waals surface area contributed by atoms with Gasteiger partial charge in [-0.05, 0) is 17.7 Å². The number of benzene rings is 2. The molecule has 28 heavy (non-hydrogen) atoms. The first kappa shape index (κ1) is 18.8. The van der Waals surface area contributed by atoms with Crippen molar-refractivity contribution in [3.63, 3.8) is 0 Å². The molecule has 0 aliphatic heterocycles. The maximum Gasteiger partial charge on any atom is 0.411 e. The highest BCUT2D eigenvalue weighted by Crippen LogP contribution is 2.22. The molecule has 8 heteroatoms. The van der Waals surface area contributed by atoms with E-state index in [1.165, 1.54) is 13.2 Å². The Bertz CT molecular complexity index is 992. The zero-order valence-corrected chi connectivity index (χ0v) is 15.2. The van der Waals surface area contributed by atoms with Crippen LogP contribution in [0.2, 0.25) is 0 Å². The number of hydrogen-bond acceptors (Lipinski definition) is 6. The lowest BCUT2D eigenvalue weighted by Crippen LogP contribution is -2.21. The monoisotopic (exact) mass is 377 g/mol. The number of aromatic nitrogens is 2. The summed E-state index contributed by atoms with van der Waals surface area (Å²) in [6, 6.07) is 16.4. The minimum Gasteiger partial charge on any atom is -0.444 e. The van der Waals surface area contributed by atoms with Crippen LogP contribution in [0, 0.1) is 0 Å². The lowest BCUT2D eigenvalue weighted by Gasteiger charge is -2.09. The average Bonchev–Trinajstić information content (AvgIpc) is 2.73. The molecular weight excluding hydrogens is 358 g/mol. The van der Waals surface area contributed by atoms with Crippen LogP contribution in [0.3, 0.4) is 0 Å². The van der Waals surface area contributed by atoms with Crippen molar-refractivity contribution in [2.75, 3.05) is 18.1 Å². The van der Waals surface area contributed by atoms with E-state index in [1.54, 1.807) is 24.3 Å². The van der Waals surface area contributed by atoms with Gasteiger partial charge < -0.3 is 15.8 Å². The second kappa shape index (κ2) is 8.63. The number of ether oxygens (including phenoxy) is 1. The molecule has 0 spiro atoms. The van der Waals surface area contributed by atoms with E-state index >= 15 is 0 Å². The number of nitrogens with zero attached hydrogens (tertiary/aromatic N) is 2. The van der Waals surface area contributed by atoms with E-state index in [-0.39, 0.29) is 18.1 Å². The van der Waals surface area contributed by atoms with Crippen molar-refractivity contribution >= 4 is 23.5 Å². The predicted octanol–water partition coefficient (Wildman–Crippen LogP) is 2.83. The Morgan fingerprint density at radius 1 is 1.11 bits per heavy atom. The van der Waals surface area contributed by atoms with Gasteiger partial charge in [0.15, 0.2) is 11.5 Å². The zero-order valence-electron chi connectivity index (χ0n) is 15.2. The van der Waals surface area contributed by atoms with Gasteiger partial charge in [-0.25, -0.2) is 14.8 Å². The molecule has 0 radical (unpaired) electrons. The Morgan fingerprint density at radius 3 is 2.64 bits per heavy atom. The highest BCUT2D eigenvalue weighted by Gasteiger charge is 2.13. The van der Waals surface area contributed by atoms with Crippen molar-refractivity contribution in [1.82, 2.24) is 15.3 Å². The van der Waals surface area contributed by atoms with E-state index in [0.717, 1.165) is 5.56 Å². The first-order valence-corrected chi connectivity index (χ1v) is 8.49. The van der Waals surface area contributed by atoms with E-state index in [2.05, 4.69) is 20.6 Å². The molecule has 0 bridgehead atoms. The van der Waals surface area contributed by atoms with Crippen LogP contribution in [-0.4, -0.2) is 29.0 Å². The minimum atomic E-state index is -0.574. The van der Waals surface area contributed by atoms with Gasteiger partial charge in [0, 0.05) is 18.3 Å². The Kier molecular flexibility index (Phi) is 5.81. The third-order valence-electron chi connectivity index (χ3n) is 3.86. The van der Waals surface area contributed by atoms with Gasteiger partial charge in [-0.15, -0.1) is 0 Å². The number of carbonyl (C=O) groups excluding carboxylic acids is 2. The van der Waals surface area contributed by atoms with E-state index in [9.17, 15) is 9.59 Å². The van der Waals surface area contributed by atoms with Gasteiger partial charge in [0.1, 0.15) is 6.61 Å². The van der Waals surface area contributed by atoms with Crippen molar-refractivity contribution in [1.29, 1.82) is 0 Å². The lowest BCUT2D eigenvalue weighted by molar-refractivity contribution is 0.0959. The van der Waals surface area contributed by atoms with Crippen LogP contribution in [0.25, 0.3) is 11.3 Å². The number of anilines is 2. The fourth-order valence-electron chi connectivity index (χ4n) is 2.46. The maximum atomic E-state index is 12.0. The summed E-state index contributed by atoms with van der Waals surface area (Å²) < 4.78 is 5.21. The van der Waals surface area contributed by atoms with Gasteiger partial charge in [0.2, 0.25) is 0 Å². The summed E-state index contributed by atoms with van der Waals surface area (Å²) in [6.07, 6.45) is 0.893. The molecule has 142 valence electrons. The highest BCUT2D eigenvalue weighted by molar-refractivity contribution is 5.96. The molecular formula is C20H19N5O3. The highest BCUT2D eigenvalue weighted by atomic mass is 16.5. The third kappa shape index (κ3) is 4.61. The lowest BCUT2D eigenvalue weighted by atomic mass is 10.1. The van der Waals surface area contributed by atoms with Crippen molar-refractivity contribution in [3.8, 4) is 11.3 Å². The predicted molar refractivity (Wildman–Crippen MR) is 106 cm³/mol. The third-order valence-corrected chi connectivity index (χ3v) is 3.86. The van der Waals surface area contributed by atoms with Crippen LogP contribution >= 0.6 is 0 Å². The molecule has 4 N–H and O–H groups in total. The van der Waals surface area contributed by atoms with Crippen LogP contribution in [0.1, 0.15) is 16.1 Å². The molecule has 1 heterocycles. The Morgan fingerprint density at radius 2 is 1.89 bits per heavy atom. The van der Waals surface area contributed by atoms with Gasteiger partial charge in [-0.3, -0.25) is 10.1 Å². The number of hydrogen-bond donors (Lipinski definition) is 3. The van der Waals surface area contributed by atoms with Gasteiger partial charge >= 0.3 is 6.09 Å². The molecule has 3 rings (SSSR count). The van der Waals surface area contributed by atoms with Gasteiger partial charge in [0.25, 0.3) is 5.91 Å². The second-order valence-corrected chi connectivity index (χ2v) is 5.84. The molecule has 0 fully saturated rings. The molecule has 8 nitrogen and oxygen atoms in total. The normalized spacial score (nSPS) is 10.2. The van der Waals surface area contributed by atoms with Crippen LogP contribution in [-0.2, 0) is 11.3 Å². The fourth-order valence-corrected chi connectivity index (χ4v) is 2.46. The number of amides is 2. The first-order chi connectivity index (χ1) is 13.6. The number of nitrogen functional groups attached to an aromatic ring is 1. The van der Waals surface area contributed by atoms with Crippen LogP contribution in [0.5, 0.6) is 0 Å². The summed E-state index contributed by atoms with van der Waals surface area (Å²) in [5.74, 6) is -0.382. The fraction of sp³-hybridized carbons (Fsp3) is 0.100. The molecule has 0 atom stereocenters. The summed E-state index contributed by atoms with van der Waals surface area (Å²) in [4.78, 5) is 32.2. The quantitative estimate of drug-likeness (QED) is 0.629. The summed E-state index contributed by atoms with van der Waals surface area (Å²) in [5, 5.41) is 5.14. The van der Waals surface area contributed by atoms with Crippen molar-refractivity contribution < 1.29 is 14.3 Å². The number of nitrogens with two attached hydrogens (primary N) is 1. The molecule has 2 aromatic carbocycles. The maximum absolute atomic E-state index is 12.0. The van der Waals surface area contributed by atoms with E-state index in [4.69, 9.17) is 10.5 Å². The van der Waals surface area contributed by atoms with Crippen molar-refractivity contribution in [2.24, 2.45) is 0 Å². The molecule has 0 aliphatic rings. The Hall–Kier alpha value is -3.94. The Balaban J connectivity index is 1.72. The SMILES string of the molecule is CNC(=O)c1nc(-c2cccc(NC(=O)OCc3ccccc3)c2)cnc1N. The molecule has 0 aliphatic carbocycles. The standard InChI is InChI=1S/C20H19N5O3/c1-22-19(26)17-18(21)23-11-16(25-17)14-8-5-9-15(10-14)24-20(27)28-12-13-6-3-2-4-7-13/h2-11H,12H2,1H3,(H2,21,23)(H,22,26)(H,24,27). The van der Waals surface area contributed by atoms with E-state index < -0.39 is 12.0 Å². The second-order valence-electron chi connectivity index (χ2n) is 5.84. The van der Waals surface area contributed by atoms with Gasteiger partial charge in [-0.2, -0.15) is 0 Å². The number of carbonyl (C=O) groups is 2. The van der Waals surface area contributed by atoms with E-state index in [0.29, 0.717) is 16.9 Å². The summed E-state index contributed by atoms with van der Waals surface area (Å²) in [6.45, 7) is 0.172. The van der Waals surface area contributed by atoms with Gasteiger partial charge in [0.05, 0.1) is 11.9 Å². The topological polar surface area (TPSA) is 119 Å². The molecule has 0 saturated carbocycles. The molecule has 2 amide bonds. The van der Waals surface area contributed by atoms with Crippen LogP contribution in [0.15, 0.2) is 60.8 Å². The number of rotatable bonds is 5. The smallest absolute Gasteiger partial charge is 0.411 e. The van der Waals surface area contributed by atoms with Gasteiger partial charge in [-0.1, -0.05) is 42.5 Å². The van der Waals surface area contributed by atoms with Crippen LogP contribution in [0.4, 0.5) is 16.3 Å². The van der Waals surface area contributed by atoms with Crippen LogP contribution < -0.4 is 16.4 Å². The number of nitrogens with one attached hydrogen (secondary N) is 2. The average molecular weight is 377 g/mol. The first-order valence-electron chi connectivity index (χ1n) is 8.49. The zero-order chi connectivity index (χ0) is 19.9. The largest absolute Gasteiger partial charge is 0.444 e. The summed E-state index contributed by atoms with van der Waals surface area (Å²) in [5.41, 5.74) is 8.29. The molecule has 3 aromatic rings. The van der Waals surface area contributed by atoms with Crippen molar-refractivity contribution in [2.45, 2.75) is 6.61 Å². The summed E-state index contributed by atoms with van der Waals surface area (Å²) in [7, 11) is 1.49. The van der Waals surface area contributed by atoms with Crippen molar-refractivity contribution in [3.05, 3.63) is 72.1 Å².